The summed E-state index contributed by atoms with van der Waals surface area (Å²) < 4.78 is 5.29. The Morgan fingerprint density at radius 3 is 2.24 bits per heavy atom. The van der Waals surface area contributed by atoms with Crippen LogP contribution in [-0.2, 0) is 9.53 Å². The molecule has 3 heteroatoms. The average molecular weight is 337 g/mol. The highest BCUT2D eigenvalue weighted by molar-refractivity contribution is 5.78. The van der Waals surface area contributed by atoms with Gasteiger partial charge in [0.1, 0.15) is 0 Å². The number of ether oxygens (including phenoxy) is 1. The summed E-state index contributed by atoms with van der Waals surface area (Å²) in [4.78, 5) is 15.0. The molecule has 0 N–H and O–H groups in total. The van der Waals surface area contributed by atoms with Crippen LogP contribution in [0.2, 0.25) is 0 Å². The van der Waals surface area contributed by atoms with E-state index in [1.54, 1.807) is 7.11 Å². The molecular formula is C22H27NO2. The minimum Gasteiger partial charge on any atom is -0.384 e. The van der Waals surface area contributed by atoms with Crippen molar-refractivity contribution in [1.82, 2.24) is 4.90 Å². The van der Waals surface area contributed by atoms with Gasteiger partial charge in [0.15, 0.2) is 0 Å². The predicted octanol–water partition coefficient (Wildman–Crippen LogP) is 4.09. The van der Waals surface area contributed by atoms with Crippen LogP contribution in [0.15, 0.2) is 60.7 Å². The Hall–Kier alpha value is -2.13. The van der Waals surface area contributed by atoms with Crippen molar-refractivity contribution < 1.29 is 9.53 Å². The van der Waals surface area contributed by atoms with E-state index >= 15 is 0 Å². The number of methoxy groups -OCH3 is 1. The van der Waals surface area contributed by atoms with Crippen molar-refractivity contribution >= 4 is 5.91 Å². The standard InChI is InChI=1S/C22H27NO2/c1-25-17-18-9-8-14-23(16-18)22(24)15-21(19-10-4-2-5-11-19)20-12-6-3-7-13-20/h2-7,10-13,18,21H,8-9,14-17H2,1H3. The van der Waals surface area contributed by atoms with Crippen LogP contribution < -0.4 is 0 Å². The van der Waals surface area contributed by atoms with Gasteiger partial charge in [0.2, 0.25) is 5.91 Å². The molecule has 1 fully saturated rings. The molecule has 132 valence electrons. The Labute approximate surface area is 150 Å². The van der Waals surface area contributed by atoms with Gasteiger partial charge in [-0.1, -0.05) is 60.7 Å². The Morgan fingerprint density at radius 2 is 1.68 bits per heavy atom. The van der Waals surface area contributed by atoms with Gasteiger partial charge in [-0.2, -0.15) is 0 Å². The van der Waals surface area contributed by atoms with Crippen molar-refractivity contribution in [2.45, 2.75) is 25.2 Å². The summed E-state index contributed by atoms with van der Waals surface area (Å²) in [6.45, 7) is 2.43. The van der Waals surface area contributed by atoms with Crippen molar-refractivity contribution in [2.75, 3.05) is 26.8 Å². The highest BCUT2D eigenvalue weighted by Gasteiger charge is 2.26. The van der Waals surface area contributed by atoms with Crippen LogP contribution in [-0.4, -0.2) is 37.6 Å². The van der Waals surface area contributed by atoms with Gasteiger partial charge in [0, 0.05) is 32.5 Å². The van der Waals surface area contributed by atoms with Crippen molar-refractivity contribution in [1.29, 1.82) is 0 Å². The average Bonchev–Trinajstić information content (AvgIpc) is 2.68. The van der Waals surface area contributed by atoms with Crippen LogP contribution >= 0.6 is 0 Å². The number of amides is 1. The molecule has 0 aliphatic carbocycles. The number of benzene rings is 2. The molecular weight excluding hydrogens is 310 g/mol. The first-order valence-corrected chi connectivity index (χ1v) is 9.14. The molecule has 25 heavy (non-hydrogen) atoms. The van der Waals surface area contributed by atoms with Crippen LogP contribution in [0, 0.1) is 5.92 Å². The number of hydrogen-bond donors (Lipinski definition) is 0. The lowest BCUT2D eigenvalue weighted by molar-refractivity contribution is -0.133. The number of likely N-dealkylation sites (tertiary alicyclic amines) is 1. The van der Waals surface area contributed by atoms with Gasteiger partial charge < -0.3 is 9.64 Å². The summed E-state index contributed by atoms with van der Waals surface area (Å²) in [7, 11) is 1.74. The lowest BCUT2D eigenvalue weighted by Gasteiger charge is -2.33. The molecule has 1 aliphatic heterocycles. The number of piperidine rings is 1. The Balaban J connectivity index is 1.75. The van der Waals surface area contributed by atoms with Crippen LogP contribution in [0.25, 0.3) is 0 Å². The smallest absolute Gasteiger partial charge is 0.223 e. The Kier molecular flexibility index (Phi) is 6.24. The molecule has 1 saturated heterocycles. The van der Waals surface area contributed by atoms with Crippen LogP contribution in [0.5, 0.6) is 0 Å². The third-order valence-electron chi connectivity index (χ3n) is 5.06. The zero-order valence-electron chi connectivity index (χ0n) is 14.9. The molecule has 2 aromatic rings. The molecule has 1 unspecified atom stereocenters. The van der Waals surface area contributed by atoms with E-state index in [9.17, 15) is 4.79 Å². The van der Waals surface area contributed by atoms with E-state index in [-0.39, 0.29) is 11.8 Å². The highest BCUT2D eigenvalue weighted by atomic mass is 16.5. The lowest BCUT2D eigenvalue weighted by atomic mass is 9.87. The van der Waals surface area contributed by atoms with E-state index in [0.717, 1.165) is 32.5 Å². The number of carbonyl (C=O) groups excluding carboxylic acids is 1. The highest BCUT2D eigenvalue weighted by Crippen LogP contribution is 2.29. The first-order chi connectivity index (χ1) is 12.3. The molecule has 2 aromatic carbocycles. The fraction of sp³-hybridized carbons (Fsp3) is 0.409. The van der Waals surface area contributed by atoms with E-state index in [4.69, 9.17) is 4.74 Å². The Bertz CT molecular complexity index is 615. The molecule has 1 atom stereocenters. The molecule has 0 radical (unpaired) electrons. The SMILES string of the molecule is COCC1CCCN(C(=O)CC(c2ccccc2)c2ccccc2)C1. The maximum atomic E-state index is 13.0. The quantitative estimate of drug-likeness (QED) is 0.794. The molecule has 1 heterocycles. The molecule has 1 amide bonds. The first kappa shape index (κ1) is 17.7. The van der Waals surface area contributed by atoms with Gasteiger partial charge in [-0.25, -0.2) is 0 Å². The largest absolute Gasteiger partial charge is 0.384 e. The summed E-state index contributed by atoms with van der Waals surface area (Å²) >= 11 is 0. The summed E-state index contributed by atoms with van der Waals surface area (Å²) in [5, 5.41) is 0. The lowest BCUT2D eigenvalue weighted by Crippen LogP contribution is -2.41. The van der Waals surface area contributed by atoms with Gasteiger partial charge >= 0.3 is 0 Å². The summed E-state index contributed by atoms with van der Waals surface area (Å²) in [6, 6.07) is 20.7. The van der Waals surface area contributed by atoms with Crippen molar-refractivity contribution in [3.05, 3.63) is 71.8 Å². The number of nitrogens with zero attached hydrogens (tertiary/aromatic N) is 1. The minimum atomic E-state index is 0.109. The second kappa shape index (κ2) is 8.82. The molecule has 0 spiro atoms. The molecule has 1 aliphatic rings. The van der Waals surface area contributed by atoms with Crippen LogP contribution in [0.1, 0.15) is 36.3 Å². The maximum absolute atomic E-state index is 13.0. The third kappa shape index (κ3) is 4.70. The van der Waals surface area contributed by atoms with Gasteiger partial charge in [-0.15, -0.1) is 0 Å². The van der Waals surface area contributed by atoms with E-state index in [2.05, 4.69) is 24.3 Å². The van der Waals surface area contributed by atoms with Crippen LogP contribution in [0.3, 0.4) is 0 Å². The summed E-state index contributed by atoms with van der Waals surface area (Å²) in [5.41, 5.74) is 2.40. The molecule has 0 saturated carbocycles. The van der Waals surface area contributed by atoms with Gasteiger partial charge in [0.05, 0.1) is 6.61 Å². The fourth-order valence-electron chi connectivity index (χ4n) is 3.77. The van der Waals surface area contributed by atoms with Gasteiger partial charge in [0.25, 0.3) is 0 Å². The fourth-order valence-corrected chi connectivity index (χ4v) is 3.77. The topological polar surface area (TPSA) is 29.5 Å². The Morgan fingerprint density at radius 1 is 1.08 bits per heavy atom. The number of rotatable bonds is 6. The monoisotopic (exact) mass is 337 g/mol. The molecule has 0 aromatic heterocycles. The maximum Gasteiger partial charge on any atom is 0.223 e. The zero-order valence-corrected chi connectivity index (χ0v) is 14.9. The predicted molar refractivity (Wildman–Crippen MR) is 101 cm³/mol. The first-order valence-electron chi connectivity index (χ1n) is 9.14. The second-order valence-electron chi connectivity index (χ2n) is 6.88. The van der Waals surface area contributed by atoms with Crippen molar-refractivity contribution in [3.8, 4) is 0 Å². The summed E-state index contributed by atoms with van der Waals surface area (Å²) in [6.07, 6.45) is 2.74. The van der Waals surface area contributed by atoms with E-state index in [0.29, 0.717) is 12.3 Å². The van der Waals surface area contributed by atoms with Gasteiger partial charge in [-0.05, 0) is 29.9 Å². The van der Waals surface area contributed by atoms with E-state index in [1.807, 2.05) is 41.3 Å². The van der Waals surface area contributed by atoms with E-state index in [1.165, 1.54) is 11.1 Å². The van der Waals surface area contributed by atoms with Crippen LogP contribution in [0.4, 0.5) is 0 Å². The van der Waals surface area contributed by atoms with Gasteiger partial charge in [-0.3, -0.25) is 4.79 Å². The number of hydrogen-bond acceptors (Lipinski definition) is 2. The second-order valence-corrected chi connectivity index (χ2v) is 6.88. The normalized spacial score (nSPS) is 17.7. The third-order valence-corrected chi connectivity index (χ3v) is 5.06. The van der Waals surface area contributed by atoms with E-state index < -0.39 is 0 Å². The molecule has 3 rings (SSSR count). The van der Waals surface area contributed by atoms with Crippen molar-refractivity contribution in [2.24, 2.45) is 5.92 Å². The minimum absolute atomic E-state index is 0.109. The zero-order chi connectivity index (χ0) is 17.5. The molecule has 3 nitrogen and oxygen atoms in total. The molecule has 0 bridgehead atoms. The van der Waals surface area contributed by atoms with Crippen molar-refractivity contribution in [3.63, 3.8) is 0 Å². The summed E-state index contributed by atoms with van der Waals surface area (Å²) in [5.74, 6) is 0.825. The number of carbonyl (C=O) groups is 1.